The van der Waals surface area contributed by atoms with Crippen molar-refractivity contribution >= 4 is 22.6 Å². The Bertz CT molecular complexity index is 707. The number of aliphatic hydroxyl groups excluding tert-OH is 3. The number of fused-ring (bicyclic) bond motifs is 1. The number of nitrogens with zero attached hydrogens (tertiary/aromatic N) is 3. The molecule has 2 aromatic heterocycles. The molecule has 0 saturated carbocycles. The van der Waals surface area contributed by atoms with Gasteiger partial charge in [0.2, 0.25) is 5.88 Å². The van der Waals surface area contributed by atoms with Crippen molar-refractivity contribution in [2.75, 3.05) is 6.61 Å². The number of hydrogen-bond donors (Lipinski definition) is 3. The molecule has 1 saturated heterocycles. The van der Waals surface area contributed by atoms with Gasteiger partial charge in [0.1, 0.15) is 24.6 Å². The SMILES string of the molecule is CC(C)Oc1ncnc2c1c(Cl)cn2[C@@H]1O[C@H](CO)[C@@H](O)[C@H]1O. The first-order valence-corrected chi connectivity index (χ1v) is 7.62. The van der Waals surface area contributed by atoms with Crippen LogP contribution in [0.3, 0.4) is 0 Å². The quantitative estimate of drug-likeness (QED) is 0.740. The summed E-state index contributed by atoms with van der Waals surface area (Å²) < 4.78 is 12.7. The zero-order valence-corrected chi connectivity index (χ0v) is 13.4. The molecule has 0 aromatic carbocycles. The van der Waals surface area contributed by atoms with Crippen molar-refractivity contribution in [3.8, 4) is 5.88 Å². The van der Waals surface area contributed by atoms with E-state index in [9.17, 15) is 15.3 Å². The highest BCUT2D eigenvalue weighted by Gasteiger charge is 2.44. The maximum absolute atomic E-state index is 10.2. The van der Waals surface area contributed by atoms with Crippen LogP contribution in [-0.2, 0) is 4.74 Å². The lowest BCUT2D eigenvalue weighted by Gasteiger charge is -2.17. The van der Waals surface area contributed by atoms with Gasteiger partial charge in [-0.05, 0) is 13.8 Å². The topological polar surface area (TPSA) is 110 Å². The normalized spacial score (nSPS) is 28.0. The van der Waals surface area contributed by atoms with Crippen molar-refractivity contribution in [1.82, 2.24) is 14.5 Å². The molecule has 126 valence electrons. The lowest BCUT2D eigenvalue weighted by Crippen LogP contribution is -2.33. The van der Waals surface area contributed by atoms with Crippen molar-refractivity contribution < 1.29 is 24.8 Å². The summed E-state index contributed by atoms with van der Waals surface area (Å²) in [5.74, 6) is 0.334. The van der Waals surface area contributed by atoms with E-state index in [0.717, 1.165) is 0 Å². The summed E-state index contributed by atoms with van der Waals surface area (Å²) in [6, 6.07) is 0. The fraction of sp³-hybridized carbons (Fsp3) is 0.571. The molecule has 2 aromatic rings. The molecule has 4 atom stereocenters. The second-order valence-corrected chi connectivity index (χ2v) is 6.06. The second-order valence-electron chi connectivity index (χ2n) is 5.66. The van der Waals surface area contributed by atoms with Crippen LogP contribution in [0.2, 0.25) is 5.02 Å². The molecule has 0 spiro atoms. The Morgan fingerprint density at radius 3 is 2.70 bits per heavy atom. The van der Waals surface area contributed by atoms with Gasteiger partial charge in [-0.15, -0.1) is 0 Å². The molecule has 0 unspecified atom stereocenters. The molecule has 0 radical (unpaired) electrons. The van der Waals surface area contributed by atoms with Crippen LogP contribution in [0, 0.1) is 0 Å². The molecule has 23 heavy (non-hydrogen) atoms. The van der Waals surface area contributed by atoms with Gasteiger partial charge < -0.3 is 29.4 Å². The summed E-state index contributed by atoms with van der Waals surface area (Å²) in [5.41, 5.74) is 0.412. The van der Waals surface area contributed by atoms with E-state index in [1.54, 1.807) is 0 Å². The maximum Gasteiger partial charge on any atom is 0.227 e. The first kappa shape index (κ1) is 16.4. The Hall–Kier alpha value is -1.45. The lowest BCUT2D eigenvalue weighted by molar-refractivity contribution is -0.0508. The largest absolute Gasteiger partial charge is 0.474 e. The van der Waals surface area contributed by atoms with E-state index in [0.29, 0.717) is 21.9 Å². The first-order chi connectivity index (χ1) is 10.9. The zero-order valence-electron chi connectivity index (χ0n) is 12.6. The molecule has 3 N–H and O–H groups in total. The number of aliphatic hydroxyl groups is 3. The predicted octanol–water partition coefficient (Wildman–Crippen LogP) is 0.483. The highest BCUT2D eigenvalue weighted by molar-refractivity contribution is 6.36. The van der Waals surface area contributed by atoms with Gasteiger partial charge in [-0.2, -0.15) is 0 Å². The van der Waals surface area contributed by atoms with E-state index in [4.69, 9.17) is 21.1 Å². The predicted molar refractivity (Wildman–Crippen MR) is 81.3 cm³/mol. The summed E-state index contributed by atoms with van der Waals surface area (Å²) in [5, 5.41) is 30.1. The summed E-state index contributed by atoms with van der Waals surface area (Å²) in [4.78, 5) is 8.27. The molecule has 1 fully saturated rings. The zero-order chi connectivity index (χ0) is 16.7. The highest BCUT2D eigenvalue weighted by atomic mass is 35.5. The van der Waals surface area contributed by atoms with Gasteiger partial charge in [-0.25, -0.2) is 9.97 Å². The van der Waals surface area contributed by atoms with Crippen molar-refractivity contribution in [2.24, 2.45) is 0 Å². The lowest BCUT2D eigenvalue weighted by atomic mass is 10.1. The minimum Gasteiger partial charge on any atom is -0.474 e. The molecular weight excluding hydrogens is 326 g/mol. The number of aromatic nitrogens is 3. The molecule has 3 rings (SSSR count). The molecule has 1 aliphatic heterocycles. The van der Waals surface area contributed by atoms with Crippen molar-refractivity contribution in [2.45, 2.75) is 44.5 Å². The number of rotatable bonds is 4. The van der Waals surface area contributed by atoms with Gasteiger partial charge in [0.25, 0.3) is 0 Å². The van der Waals surface area contributed by atoms with Gasteiger partial charge in [-0.1, -0.05) is 11.6 Å². The van der Waals surface area contributed by atoms with E-state index < -0.39 is 31.1 Å². The second kappa shape index (κ2) is 6.21. The average molecular weight is 344 g/mol. The standard InChI is InChI=1S/C14H18ClN3O5/c1-6(2)22-13-9-7(15)3-18(12(9)16-5-17-13)14-11(21)10(20)8(4-19)23-14/h3,5-6,8,10-11,14,19-21H,4H2,1-2H3/t8-,10-,11-,14-/m1/s1. The Morgan fingerprint density at radius 1 is 1.35 bits per heavy atom. The number of hydrogen-bond acceptors (Lipinski definition) is 7. The monoisotopic (exact) mass is 343 g/mol. The average Bonchev–Trinajstić information content (AvgIpc) is 2.98. The van der Waals surface area contributed by atoms with E-state index >= 15 is 0 Å². The Balaban J connectivity index is 2.06. The third kappa shape index (κ3) is 2.77. The van der Waals surface area contributed by atoms with Crippen LogP contribution in [0.15, 0.2) is 12.5 Å². The van der Waals surface area contributed by atoms with Gasteiger partial charge in [0.05, 0.1) is 23.1 Å². The number of halogens is 1. The number of ether oxygens (including phenoxy) is 2. The van der Waals surface area contributed by atoms with Gasteiger partial charge in [-0.3, -0.25) is 0 Å². The maximum atomic E-state index is 10.2. The van der Waals surface area contributed by atoms with Crippen LogP contribution in [0.5, 0.6) is 5.88 Å². The third-order valence-corrected chi connectivity index (χ3v) is 3.95. The van der Waals surface area contributed by atoms with E-state index in [1.165, 1.54) is 17.1 Å². The Labute approximate surface area is 137 Å². The Morgan fingerprint density at radius 2 is 2.09 bits per heavy atom. The highest BCUT2D eigenvalue weighted by Crippen LogP contribution is 2.37. The molecule has 1 aliphatic rings. The van der Waals surface area contributed by atoms with E-state index in [1.807, 2.05) is 13.8 Å². The molecule has 0 amide bonds. The van der Waals surface area contributed by atoms with Crippen LogP contribution in [0.25, 0.3) is 11.0 Å². The summed E-state index contributed by atoms with van der Waals surface area (Å²) in [7, 11) is 0. The van der Waals surface area contributed by atoms with Gasteiger partial charge >= 0.3 is 0 Å². The molecule has 3 heterocycles. The van der Waals surface area contributed by atoms with Crippen LogP contribution < -0.4 is 4.74 Å². The fourth-order valence-electron chi connectivity index (χ4n) is 2.63. The van der Waals surface area contributed by atoms with E-state index in [2.05, 4.69) is 9.97 Å². The van der Waals surface area contributed by atoms with Crippen LogP contribution in [0.4, 0.5) is 0 Å². The van der Waals surface area contributed by atoms with Crippen LogP contribution >= 0.6 is 11.6 Å². The van der Waals surface area contributed by atoms with Gasteiger partial charge in [0.15, 0.2) is 11.9 Å². The van der Waals surface area contributed by atoms with Crippen LogP contribution in [0.1, 0.15) is 20.1 Å². The van der Waals surface area contributed by atoms with Gasteiger partial charge in [0, 0.05) is 6.20 Å². The summed E-state index contributed by atoms with van der Waals surface area (Å²) in [6.07, 6.45) is -1.44. The molecule has 8 nitrogen and oxygen atoms in total. The summed E-state index contributed by atoms with van der Waals surface area (Å²) in [6.45, 7) is 3.33. The van der Waals surface area contributed by atoms with Crippen molar-refractivity contribution in [3.63, 3.8) is 0 Å². The van der Waals surface area contributed by atoms with Crippen molar-refractivity contribution in [1.29, 1.82) is 0 Å². The minimum atomic E-state index is -1.22. The summed E-state index contributed by atoms with van der Waals surface area (Å²) >= 11 is 6.27. The van der Waals surface area contributed by atoms with Crippen molar-refractivity contribution in [3.05, 3.63) is 17.5 Å². The fourth-order valence-corrected chi connectivity index (χ4v) is 2.90. The molecule has 0 bridgehead atoms. The van der Waals surface area contributed by atoms with E-state index in [-0.39, 0.29) is 6.10 Å². The van der Waals surface area contributed by atoms with Crippen LogP contribution in [-0.4, -0.2) is 60.9 Å². The first-order valence-electron chi connectivity index (χ1n) is 7.24. The molecule has 9 heteroatoms. The third-order valence-electron chi connectivity index (χ3n) is 3.67. The Kier molecular flexibility index (Phi) is 4.43. The molecular formula is C14H18ClN3O5. The smallest absolute Gasteiger partial charge is 0.227 e. The molecule has 0 aliphatic carbocycles. The minimum absolute atomic E-state index is 0.0959.